The third kappa shape index (κ3) is 2.35. The van der Waals surface area contributed by atoms with Crippen LogP contribution in [0.2, 0.25) is 0 Å². The van der Waals surface area contributed by atoms with Gasteiger partial charge in [-0.3, -0.25) is 9.59 Å². The first-order valence-corrected chi connectivity index (χ1v) is 5.81. The average molecular weight is 227 g/mol. The molecule has 1 fully saturated rings. The van der Waals surface area contributed by atoms with Gasteiger partial charge in [0, 0.05) is 13.1 Å². The lowest BCUT2D eigenvalue weighted by molar-refractivity contribution is -0.147. The molecule has 0 aromatic carbocycles. The predicted octanol–water partition coefficient (Wildman–Crippen LogP) is -0.149. The summed E-state index contributed by atoms with van der Waals surface area (Å²) in [6, 6.07) is -0.365. The van der Waals surface area contributed by atoms with Gasteiger partial charge >= 0.3 is 0 Å². The molecule has 0 aromatic rings. The van der Waals surface area contributed by atoms with Gasteiger partial charge in [-0.25, -0.2) is 0 Å². The van der Waals surface area contributed by atoms with Crippen molar-refractivity contribution in [3.8, 4) is 0 Å². The van der Waals surface area contributed by atoms with Gasteiger partial charge in [-0.2, -0.15) is 0 Å². The highest BCUT2D eigenvalue weighted by Gasteiger charge is 2.38. The van der Waals surface area contributed by atoms with Crippen molar-refractivity contribution < 1.29 is 9.59 Å². The number of carbonyl (C=O) groups excluding carboxylic acids is 2. The monoisotopic (exact) mass is 227 g/mol. The Bertz CT molecular complexity index is 289. The van der Waals surface area contributed by atoms with Crippen LogP contribution in [-0.2, 0) is 9.59 Å². The highest BCUT2D eigenvalue weighted by Crippen LogP contribution is 2.16. The van der Waals surface area contributed by atoms with Crippen LogP contribution in [0.1, 0.15) is 33.6 Å². The molecule has 5 nitrogen and oxygen atoms in total. The standard InChI is InChI=1S/C11H21N3O2/c1-4-8-9(15)13-6-7-14(8)10(16)11(3,12)5-2/h8H,4-7,12H2,1-3H3,(H,13,15). The van der Waals surface area contributed by atoms with Crippen molar-refractivity contribution >= 4 is 11.8 Å². The minimum absolute atomic E-state index is 0.0750. The number of hydrogen-bond acceptors (Lipinski definition) is 3. The largest absolute Gasteiger partial charge is 0.353 e. The Hall–Kier alpha value is -1.10. The lowest BCUT2D eigenvalue weighted by atomic mass is 9.96. The van der Waals surface area contributed by atoms with Gasteiger partial charge in [0.2, 0.25) is 11.8 Å². The first-order valence-electron chi connectivity index (χ1n) is 5.81. The van der Waals surface area contributed by atoms with E-state index in [4.69, 9.17) is 5.73 Å². The van der Waals surface area contributed by atoms with Crippen molar-refractivity contribution in [2.24, 2.45) is 5.73 Å². The van der Waals surface area contributed by atoms with Crippen LogP contribution in [0.4, 0.5) is 0 Å². The first kappa shape index (κ1) is 13.0. The van der Waals surface area contributed by atoms with Crippen LogP contribution in [0.5, 0.6) is 0 Å². The van der Waals surface area contributed by atoms with Gasteiger partial charge in [-0.1, -0.05) is 13.8 Å². The van der Waals surface area contributed by atoms with Crippen LogP contribution in [-0.4, -0.2) is 41.4 Å². The van der Waals surface area contributed by atoms with Crippen LogP contribution < -0.4 is 11.1 Å². The second kappa shape index (κ2) is 4.82. The predicted molar refractivity (Wildman–Crippen MR) is 61.7 cm³/mol. The molecular weight excluding hydrogens is 206 g/mol. The lowest BCUT2D eigenvalue weighted by Gasteiger charge is -2.38. The summed E-state index contributed by atoms with van der Waals surface area (Å²) in [7, 11) is 0. The minimum atomic E-state index is -0.870. The summed E-state index contributed by atoms with van der Waals surface area (Å²) >= 11 is 0. The second-order valence-corrected chi connectivity index (χ2v) is 4.48. The maximum absolute atomic E-state index is 12.2. The molecule has 3 N–H and O–H groups in total. The van der Waals surface area contributed by atoms with Crippen LogP contribution in [0, 0.1) is 0 Å². The molecule has 16 heavy (non-hydrogen) atoms. The van der Waals surface area contributed by atoms with E-state index >= 15 is 0 Å². The third-order valence-electron chi connectivity index (χ3n) is 3.20. The number of nitrogens with two attached hydrogens (primary N) is 1. The number of nitrogens with zero attached hydrogens (tertiary/aromatic N) is 1. The van der Waals surface area contributed by atoms with E-state index in [2.05, 4.69) is 5.32 Å². The fourth-order valence-corrected chi connectivity index (χ4v) is 1.84. The number of carbonyl (C=O) groups is 2. The number of hydrogen-bond donors (Lipinski definition) is 2. The van der Waals surface area contributed by atoms with Gasteiger partial charge in [0.25, 0.3) is 0 Å². The molecule has 1 rings (SSSR count). The molecule has 0 bridgehead atoms. The maximum Gasteiger partial charge on any atom is 0.243 e. The molecule has 92 valence electrons. The number of piperazine rings is 1. The molecule has 2 unspecified atom stereocenters. The highest BCUT2D eigenvalue weighted by molar-refractivity contribution is 5.92. The van der Waals surface area contributed by atoms with Gasteiger partial charge in [0.1, 0.15) is 6.04 Å². The van der Waals surface area contributed by atoms with Gasteiger partial charge in [0.15, 0.2) is 0 Å². The van der Waals surface area contributed by atoms with Crippen molar-refractivity contribution in [1.29, 1.82) is 0 Å². The van der Waals surface area contributed by atoms with Crippen molar-refractivity contribution in [3.63, 3.8) is 0 Å². The Morgan fingerprint density at radius 2 is 2.25 bits per heavy atom. The molecule has 0 aliphatic carbocycles. The van der Waals surface area contributed by atoms with Crippen LogP contribution in [0.3, 0.4) is 0 Å². The minimum Gasteiger partial charge on any atom is -0.353 e. The van der Waals surface area contributed by atoms with Gasteiger partial charge < -0.3 is 16.0 Å². The molecule has 1 aliphatic rings. The zero-order valence-corrected chi connectivity index (χ0v) is 10.2. The molecule has 0 radical (unpaired) electrons. The first-order chi connectivity index (χ1) is 7.44. The molecule has 1 aliphatic heterocycles. The van der Waals surface area contributed by atoms with Crippen LogP contribution in [0.25, 0.3) is 0 Å². The summed E-state index contributed by atoms with van der Waals surface area (Å²) in [5, 5.41) is 2.76. The van der Waals surface area contributed by atoms with Crippen molar-refractivity contribution in [2.45, 2.75) is 45.2 Å². The van der Waals surface area contributed by atoms with Crippen LogP contribution in [0.15, 0.2) is 0 Å². The Morgan fingerprint density at radius 1 is 1.62 bits per heavy atom. The average Bonchev–Trinajstić information content (AvgIpc) is 2.27. The van der Waals surface area contributed by atoms with Crippen molar-refractivity contribution in [1.82, 2.24) is 10.2 Å². The molecule has 1 heterocycles. The van der Waals surface area contributed by atoms with Gasteiger partial charge in [-0.15, -0.1) is 0 Å². The van der Waals surface area contributed by atoms with Crippen molar-refractivity contribution in [2.75, 3.05) is 13.1 Å². The zero-order chi connectivity index (χ0) is 12.3. The molecule has 2 amide bonds. The SMILES string of the molecule is CCC1C(=O)NCCN1C(=O)C(C)(N)CC. The summed E-state index contributed by atoms with van der Waals surface area (Å²) in [6.45, 7) is 6.56. The number of amides is 2. The smallest absolute Gasteiger partial charge is 0.243 e. The molecule has 0 aromatic heterocycles. The van der Waals surface area contributed by atoms with E-state index in [1.165, 1.54) is 0 Å². The summed E-state index contributed by atoms with van der Waals surface area (Å²) in [5.74, 6) is -0.203. The zero-order valence-electron chi connectivity index (χ0n) is 10.2. The second-order valence-electron chi connectivity index (χ2n) is 4.48. The van der Waals surface area contributed by atoms with E-state index in [1.54, 1.807) is 11.8 Å². The number of rotatable bonds is 3. The fourth-order valence-electron chi connectivity index (χ4n) is 1.84. The molecule has 0 spiro atoms. The molecule has 1 saturated heterocycles. The topological polar surface area (TPSA) is 75.4 Å². The Labute approximate surface area is 96.4 Å². The number of nitrogens with one attached hydrogen (secondary N) is 1. The Kier molecular flexibility index (Phi) is 3.91. The molecule has 2 atom stereocenters. The molecule has 5 heteroatoms. The van der Waals surface area contributed by atoms with E-state index < -0.39 is 5.54 Å². The van der Waals surface area contributed by atoms with Crippen molar-refractivity contribution in [3.05, 3.63) is 0 Å². The summed E-state index contributed by atoms with van der Waals surface area (Å²) in [4.78, 5) is 25.4. The summed E-state index contributed by atoms with van der Waals surface area (Å²) < 4.78 is 0. The van der Waals surface area contributed by atoms with E-state index in [0.29, 0.717) is 25.9 Å². The Morgan fingerprint density at radius 3 is 2.75 bits per heavy atom. The summed E-state index contributed by atoms with van der Waals surface area (Å²) in [6.07, 6.45) is 1.19. The quantitative estimate of drug-likeness (QED) is 0.704. The van der Waals surface area contributed by atoms with E-state index in [-0.39, 0.29) is 17.9 Å². The van der Waals surface area contributed by atoms with Gasteiger partial charge in [0.05, 0.1) is 5.54 Å². The fraction of sp³-hybridized carbons (Fsp3) is 0.818. The third-order valence-corrected chi connectivity index (χ3v) is 3.20. The lowest BCUT2D eigenvalue weighted by Crippen LogP contribution is -2.63. The Balaban J connectivity index is 2.85. The summed E-state index contributed by atoms with van der Waals surface area (Å²) in [5.41, 5.74) is 5.06. The van der Waals surface area contributed by atoms with E-state index in [0.717, 1.165) is 0 Å². The normalized spacial score (nSPS) is 24.9. The van der Waals surface area contributed by atoms with E-state index in [9.17, 15) is 9.59 Å². The van der Waals surface area contributed by atoms with Gasteiger partial charge in [-0.05, 0) is 19.8 Å². The molecular formula is C11H21N3O2. The van der Waals surface area contributed by atoms with E-state index in [1.807, 2.05) is 13.8 Å². The maximum atomic E-state index is 12.2. The molecule has 0 saturated carbocycles. The highest BCUT2D eigenvalue weighted by atomic mass is 16.2. The van der Waals surface area contributed by atoms with Crippen LogP contribution >= 0.6 is 0 Å².